The van der Waals surface area contributed by atoms with Crippen LogP contribution in [-0.2, 0) is 37.0 Å². The molecule has 14 nitrogen and oxygen atoms in total. The van der Waals surface area contributed by atoms with Crippen LogP contribution in [0.1, 0.15) is 110 Å². The van der Waals surface area contributed by atoms with Crippen LogP contribution in [0.5, 0.6) is 0 Å². The van der Waals surface area contributed by atoms with Crippen molar-refractivity contribution in [2.24, 2.45) is 11.3 Å². The normalized spacial score (nSPS) is 11.8. The van der Waals surface area contributed by atoms with Crippen LogP contribution in [0.2, 0.25) is 0 Å². The minimum Gasteiger partial charge on any atom is -1.00 e. The molecular formula is C65H100Br2Cl2N6O8. The second kappa shape index (κ2) is 41.9. The molecule has 83 heavy (non-hydrogen) atoms. The van der Waals surface area contributed by atoms with Crippen LogP contribution in [0.15, 0.2) is 134 Å². The number of carbonyl (C=O) groups excluding carboxylic acids is 5. The van der Waals surface area contributed by atoms with Gasteiger partial charge in [-0.05, 0) is 26.2 Å². The van der Waals surface area contributed by atoms with Crippen LogP contribution >= 0.6 is 0 Å². The summed E-state index contributed by atoms with van der Waals surface area (Å²) < 4.78 is 8.50. The first-order chi connectivity index (χ1) is 36.8. The highest BCUT2D eigenvalue weighted by atomic mass is 79.9. The van der Waals surface area contributed by atoms with Crippen LogP contribution in [0.4, 0.5) is 0 Å². The van der Waals surface area contributed by atoms with Gasteiger partial charge in [0.25, 0.3) is 0 Å². The minimum absolute atomic E-state index is 0. The quantitative estimate of drug-likeness (QED) is 0.0188. The molecule has 4 aromatic carbocycles. The monoisotopic (exact) mass is 1320 g/mol. The van der Waals surface area contributed by atoms with Crippen LogP contribution in [0.25, 0.3) is 0 Å². The Morgan fingerprint density at radius 3 is 1.31 bits per heavy atom. The predicted octanol–water partition coefficient (Wildman–Crippen LogP) is -2.36. The van der Waals surface area contributed by atoms with Gasteiger partial charge in [0.15, 0.2) is 11.6 Å². The van der Waals surface area contributed by atoms with E-state index in [1.54, 1.807) is 13.8 Å². The maximum Gasteiger partial charge on any atom is 0.330 e. The summed E-state index contributed by atoms with van der Waals surface area (Å²) in [6.07, 6.45) is 5.29. The molecule has 0 aliphatic rings. The third-order valence-electron chi connectivity index (χ3n) is 13.1. The average Bonchev–Trinajstić information content (AvgIpc) is 3.38. The number of rotatable bonds is 28. The third-order valence-corrected chi connectivity index (χ3v) is 13.1. The lowest BCUT2D eigenvalue weighted by molar-refractivity contribution is -0.903. The van der Waals surface area contributed by atoms with Crippen LogP contribution < -0.4 is 69.4 Å². The van der Waals surface area contributed by atoms with Crippen LogP contribution in [-0.4, -0.2) is 175 Å². The summed E-state index contributed by atoms with van der Waals surface area (Å²) in [5.41, 5.74) is 5.25. The van der Waals surface area contributed by atoms with E-state index in [0.29, 0.717) is 53.7 Å². The van der Waals surface area contributed by atoms with E-state index in [1.807, 2.05) is 111 Å². The second-order valence-electron chi connectivity index (χ2n) is 24.2. The van der Waals surface area contributed by atoms with Gasteiger partial charge in [0, 0.05) is 76.4 Å². The average molecular weight is 1320 g/mol. The number of ketones is 2. The number of hydrogen-bond acceptors (Lipinski definition) is 7. The highest BCUT2D eigenvalue weighted by Crippen LogP contribution is 2.30. The zero-order chi connectivity index (χ0) is 60.0. The Labute approximate surface area is 532 Å². The fourth-order valence-electron chi connectivity index (χ4n) is 8.28. The summed E-state index contributed by atoms with van der Waals surface area (Å²) in [6, 6.07) is 34.4. The summed E-state index contributed by atoms with van der Waals surface area (Å²) in [7, 11) is 21.4. The van der Waals surface area contributed by atoms with Gasteiger partial charge in [-0.25, -0.2) is 4.79 Å². The van der Waals surface area contributed by atoms with E-state index in [4.69, 9.17) is 9.84 Å². The SMILES string of the molecule is C=C(C)C(=O)NCCC[N+](C)(C)C.C=CC(=O)OCC[N+](C)(C)Cc1ccc(C(=O)c2ccccc2)cc1.CCC(C)(CC(C)C(=O)O)C(=O)NCCC[N+](C)(C)C.CCC[N+](C)(C)Cc1ccc(C(=O)c2ccccc2)cc1.[Br-].[Br-].[Cl-].[Cl-]. The molecule has 18 heteroatoms. The first kappa shape index (κ1) is 84.4. The van der Waals surface area contributed by atoms with E-state index in [0.717, 1.165) is 82.2 Å². The standard InChI is InChI=1S/C21H24NO3.C19H24NO.C15H30N2O3.C10H20N2O.2BrH.2ClH/c1-4-20(23)25-15-14-22(2,3)16-17-10-12-19(13-11-17)21(24)18-8-6-5-7-9-18;1-4-14-20(2,3)15-16-10-12-18(13-11-16)19(21)17-8-6-5-7-9-17;1-7-15(3,11-12(2)13(18)19)14(20)16-9-8-10-17(4,5)6;1-9(2)10(13)11-7-6-8-12(3,4)5;;;;/h4-13H,1,14-16H2,2-3H3;5-13H,4,14-15H2,1-3H3;12H,7-11H2,1-6H3,(H-,16,18,19,20);1,6-8H2,2-5H3;4*1H/q2*+1;;;;;;/p-2. The molecule has 0 aliphatic carbocycles. The van der Waals surface area contributed by atoms with Gasteiger partial charge in [0.05, 0.1) is 96.0 Å². The molecule has 0 fully saturated rings. The first-order valence-corrected chi connectivity index (χ1v) is 27.6. The van der Waals surface area contributed by atoms with E-state index < -0.39 is 23.3 Å². The van der Waals surface area contributed by atoms with Gasteiger partial charge < -0.3 is 97.2 Å². The van der Waals surface area contributed by atoms with Crippen molar-refractivity contribution in [2.75, 3.05) is 116 Å². The molecule has 2 unspecified atom stereocenters. The van der Waals surface area contributed by atoms with Gasteiger partial charge in [-0.1, -0.05) is 150 Å². The van der Waals surface area contributed by atoms with E-state index in [1.165, 1.54) is 18.1 Å². The van der Waals surface area contributed by atoms with Crippen molar-refractivity contribution in [3.05, 3.63) is 167 Å². The fourth-order valence-corrected chi connectivity index (χ4v) is 8.28. The number of quaternary nitrogens is 4. The number of hydrogen-bond donors (Lipinski definition) is 3. The number of carboxylic acids is 1. The topological polar surface area (TPSA) is 156 Å². The molecule has 0 aliphatic heterocycles. The Hall–Kier alpha value is -5.04. The molecule has 4 rings (SSSR count). The molecule has 0 bridgehead atoms. The number of amides is 2. The molecule has 2 amide bonds. The summed E-state index contributed by atoms with van der Waals surface area (Å²) in [5, 5.41) is 14.7. The Bertz CT molecular complexity index is 2540. The van der Waals surface area contributed by atoms with E-state index in [9.17, 15) is 28.8 Å². The molecule has 0 heterocycles. The Morgan fingerprint density at radius 2 is 0.976 bits per heavy atom. The number of nitrogens with zero attached hydrogens (tertiary/aromatic N) is 4. The van der Waals surface area contributed by atoms with Crippen molar-refractivity contribution < 1.29 is 115 Å². The number of likely N-dealkylation sites (N-methyl/N-ethyl adjacent to an activating group) is 1. The van der Waals surface area contributed by atoms with Gasteiger partial charge in [-0.15, -0.1) is 0 Å². The van der Waals surface area contributed by atoms with Gasteiger partial charge in [0.2, 0.25) is 11.8 Å². The molecular weight excluding hydrogens is 1220 g/mol. The number of benzene rings is 4. The molecule has 466 valence electrons. The number of esters is 1. The van der Waals surface area contributed by atoms with Crippen molar-refractivity contribution in [1.82, 2.24) is 10.6 Å². The lowest BCUT2D eigenvalue weighted by Crippen LogP contribution is -3.00. The smallest absolute Gasteiger partial charge is 0.330 e. The largest absolute Gasteiger partial charge is 1.00 e. The van der Waals surface area contributed by atoms with Gasteiger partial charge >= 0.3 is 11.9 Å². The number of nitrogens with one attached hydrogen (secondary N) is 2. The van der Waals surface area contributed by atoms with E-state index >= 15 is 0 Å². The molecule has 2 atom stereocenters. The van der Waals surface area contributed by atoms with Crippen LogP contribution in [0, 0.1) is 11.3 Å². The van der Waals surface area contributed by atoms with Gasteiger partial charge in [0.1, 0.15) is 26.2 Å². The molecule has 3 N–H and O–H groups in total. The first-order valence-electron chi connectivity index (χ1n) is 27.6. The maximum atomic E-state index is 12.4. The maximum absolute atomic E-state index is 12.4. The number of carboxylic acid groups (broad SMARTS) is 1. The lowest BCUT2D eigenvalue weighted by atomic mass is 9.78. The van der Waals surface area contributed by atoms with Crippen molar-refractivity contribution in [1.29, 1.82) is 0 Å². The molecule has 4 aromatic rings. The number of halogens is 4. The Kier molecular flexibility index (Phi) is 42.6. The molecule has 0 saturated carbocycles. The highest BCUT2D eigenvalue weighted by Gasteiger charge is 2.34. The molecule has 0 saturated heterocycles. The van der Waals surface area contributed by atoms with Crippen molar-refractivity contribution in [3.63, 3.8) is 0 Å². The third kappa shape index (κ3) is 37.1. The van der Waals surface area contributed by atoms with Gasteiger partial charge in [-0.3, -0.25) is 24.0 Å². The Morgan fingerprint density at radius 1 is 0.602 bits per heavy atom. The lowest BCUT2D eigenvalue weighted by Gasteiger charge is -2.29. The summed E-state index contributed by atoms with van der Waals surface area (Å²) in [6.45, 7) is 23.7. The fraction of sp³-hybridized carbons (Fsp3) is 0.477. The molecule has 0 spiro atoms. The zero-order valence-corrected chi connectivity index (χ0v) is 57.2. The van der Waals surface area contributed by atoms with Crippen molar-refractivity contribution in [3.8, 4) is 0 Å². The van der Waals surface area contributed by atoms with Gasteiger partial charge in [-0.2, -0.15) is 0 Å². The van der Waals surface area contributed by atoms with E-state index in [2.05, 4.69) is 113 Å². The molecule has 0 radical (unpaired) electrons. The van der Waals surface area contributed by atoms with Crippen molar-refractivity contribution in [2.45, 2.75) is 79.8 Å². The molecule has 0 aromatic heterocycles. The number of aliphatic carboxylic acids is 1. The minimum atomic E-state index is -0.845. The Balaban J connectivity index is -0.000000504. The van der Waals surface area contributed by atoms with E-state index in [-0.39, 0.29) is 82.2 Å². The summed E-state index contributed by atoms with van der Waals surface area (Å²) in [4.78, 5) is 70.1. The number of carbonyl (C=O) groups is 6. The second-order valence-corrected chi connectivity index (χ2v) is 24.2. The highest BCUT2D eigenvalue weighted by molar-refractivity contribution is 6.09. The summed E-state index contributed by atoms with van der Waals surface area (Å²) in [5.74, 6) is -1.71. The van der Waals surface area contributed by atoms with Crippen LogP contribution in [0.3, 0.4) is 0 Å². The number of ether oxygens (including phenoxy) is 1. The summed E-state index contributed by atoms with van der Waals surface area (Å²) >= 11 is 0. The predicted molar refractivity (Wildman–Crippen MR) is 321 cm³/mol. The zero-order valence-electron chi connectivity index (χ0n) is 52.5. The van der Waals surface area contributed by atoms with Crippen molar-refractivity contribution >= 4 is 35.3 Å².